The van der Waals surface area contributed by atoms with Crippen LogP contribution in [0.5, 0.6) is 0 Å². The Morgan fingerprint density at radius 1 is 1.28 bits per heavy atom. The molecule has 7 heteroatoms. The Morgan fingerprint density at radius 3 is 2.96 bits per heavy atom. The number of carbonyl (C=O) groups is 1. The summed E-state index contributed by atoms with van der Waals surface area (Å²) in [6.45, 7) is 4.98. The van der Waals surface area contributed by atoms with Crippen LogP contribution in [0, 0.1) is 13.8 Å². The molecule has 0 aromatic carbocycles. The molecule has 0 saturated carbocycles. The molecule has 0 bridgehead atoms. The lowest BCUT2D eigenvalue weighted by Crippen LogP contribution is -2.40. The lowest BCUT2D eigenvalue weighted by Gasteiger charge is -2.35. The number of hydrogen-bond donors (Lipinski definition) is 0. The van der Waals surface area contributed by atoms with Gasteiger partial charge in [0.05, 0.1) is 17.4 Å². The third kappa shape index (κ3) is 3.01. The number of aryl methyl sites for hydroxylation is 2. The van der Waals surface area contributed by atoms with E-state index < -0.39 is 0 Å². The molecular weight excluding hydrogens is 316 g/mol. The molecular formula is C18H22N6O. The lowest BCUT2D eigenvalue weighted by molar-refractivity contribution is -0.135. The third-order valence-corrected chi connectivity index (χ3v) is 4.86. The summed E-state index contributed by atoms with van der Waals surface area (Å²) in [5, 5.41) is 4.38. The van der Waals surface area contributed by atoms with Gasteiger partial charge in [-0.2, -0.15) is 5.10 Å². The van der Waals surface area contributed by atoms with E-state index in [1.807, 2.05) is 47.8 Å². The van der Waals surface area contributed by atoms with Gasteiger partial charge < -0.3 is 9.47 Å². The quantitative estimate of drug-likeness (QED) is 0.735. The smallest absolute Gasteiger partial charge is 0.243 e. The van der Waals surface area contributed by atoms with Crippen molar-refractivity contribution in [3.8, 4) is 0 Å². The van der Waals surface area contributed by atoms with Gasteiger partial charge in [0.2, 0.25) is 5.91 Å². The largest absolute Gasteiger partial charge is 0.333 e. The minimum Gasteiger partial charge on any atom is -0.333 e. The third-order valence-electron chi connectivity index (χ3n) is 4.86. The molecule has 1 atom stereocenters. The average Bonchev–Trinajstić information content (AvgIpc) is 3.18. The fourth-order valence-electron chi connectivity index (χ4n) is 3.54. The highest BCUT2D eigenvalue weighted by Crippen LogP contribution is 2.30. The van der Waals surface area contributed by atoms with Crippen LogP contribution in [-0.2, 0) is 11.3 Å². The van der Waals surface area contributed by atoms with Gasteiger partial charge in [-0.15, -0.1) is 0 Å². The molecule has 0 radical (unpaired) electrons. The molecule has 25 heavy (non-hydrogen) atoms. The van der Waals surface area contributed by atoms with Crippen molar-refractivity contribution in [3.63, 3.8) is 0 Å². The Balaban J connectivity index is 1.61. The van der Waals surface area contributed by atoms with Crippen LogP contribution in [0.15, 0.2) is 30.7 Å². The van der Waals surface area contributed by atoms with E-state index in [9.17, 15) is 4.79 Å². The van der Waals surface area contributed by atoms with Crippen molar-refractivity contribution in [1.82, 2.24) is 29.0 Å². The molecule has 4 rings (SSSR count). The Hall–Kier alpha value is -2.70. The van der Waals surface area contributed by atoms with Crippen molar-refractivity contribution in [1.29, 1.82) is 0 Å². The molecule has 0 N–H and O–H groups in total. The van der Waals surface area contributed by atoms with Crippen molar-refractivity contribution in [2.24, 2.45) is 0 Å². The topological polar surface area (TPSA) is 68.3 Å². The second-order valence-electron chi connectivity index (χ2n) is 6.64. The van der Waals surface area contributed by atoms with Crippen molar-refractivity contribution in [3.05, 3.63) is 47.9 Å². The highest BCUT2D eigenvalue weighted by Gasteiger charge is 2.29. The molecule has 3 aromatic heterocycles. The number of likely N-dealkylation sites (tertiary alicyclic amines) is 1. The molecule has 3 aromatic rings. The Labute approximate surface area is 146 Å². The van der Waals surface area contributed by atoms with Crippen molar-refractivity contribution < 1.29 is 4.79 Å². The molecule has 1 aliphatic rings. The SMILES string of the molecule is Cc1cc2nc([C@H]3CCCCN3C(=O)Cn3ccnc3C)ccn2n1. The van der Waals surface area contributed by atoms with Crippen LogP contribution in [-0.4, -0.2) is 41.5 Å². The zero-order chi connectivity index (χ0) is 17.4. The fraction of sp³-hybridized carbons (Fsp3) is 0.444. The van der Waals surface area contributed by atoms with Crippen molar-refractivity contribution in [2.45, 2.75) is 45.7 Å². The summed E-state index contributed by atoms with van der Waals surface area (Å²) >= 11 is 0. The summed E-state index contributed by atoms with van der Waals surface area (Å²) in [7, 11) is 0. The number of hydrogen-bond acceptors (Lipinski definition) is 4. The lowest BCUT2D eigenvalue weighted by atomic mass is 9.99. The highest BCUT2D eigenvalue weighted by atomic mass is 16.2. The first kappa shape index (κ1) is 15.8. The number of piperidine rings is 1. The van der Waals surface area contributed by atoms with E-state index in [0.717, 1.165) is 48.7 Å². The fourth-order valence-corrected chi connectivity index (χ4v) is 3.54. The molecule has 4 heterocycles. The summed E-state index contributed by atoms with van der Waals surface area (Å²) in [6, 6.07) is 3.98. The van der Waals surface area contributed by atoms with Crippen LogP contribution in [0.2, 0.25) is 0 Å². The molecule has 1 aliphatic heterocycles. The normalized spacial score (nSPS) is 18.0. The Bertz CT molecular complexity index is 911. The van der Waals surface area contributed by atoms with E-state index in [2.05, 4.69) is 10.1 Å². The summed E-state index contributed by atoms with van der Waals surface area (Å²) < 4.78 is 3.67. The van der Waals surface area contributed by atoms with E-state index in [1.165, 1.54) is 0 Å². The van der Waals surface area contributed by atoms with Gasteiger partial charge in [0.25, 0.3) is 0 Å². The van der Waals surface area contributed by atoms with E-state index in [-0.39, 0.29) is 11.9 Å². The van der Waals surface area contributed by atoms with Gasteiger partial charge in [0, 0.05) is 31.2 Å². The number of nitrogens with zero attached hydrogens (tertiary/aromatic N) is 6. The van der Waals surface area contributed by atoms with Crippen LogP contribution in [0.25, 0.3) is 5.65 Å². The minimum atomic E-state index is 0.0327. The molecule has 0 unspecified atom stereocenters. The van der Waals surface area contributed by atoms with Crippen LogP contribution in [0.3, 0.4) is 0 Å². The van der Waals surface area contributed by atoms with Gasteiger partial charge in [-0.3, -0.25) is 4.79 Å². The van der Waals surface area contributed by atoms with Crippen LogP contribution in [0.1, 0.15) is 42.5 Å². The molecule has 130 valence electrons. The minimum absolute atomic E-state index is 0.0327. The predicted octanol–water partition coefficient (Wildman–Crippen LogP) is 2.30. The number of fused-ring (bicyclic) bond motifs is 1. The second kappa shape index (κ2) is 6.31. The van der Waals surface area contributed by atoms with Crippen LogP contribution >= 0.6 is 0 Å². The number of imidazole rings is 1. The van der Waals surface area contributed by atoms with Crippen LogP contribution < -0.4 is 0 Å². The second-order valence-corrected chi connectivity index (χ2v) is 6.64. The number of rotatable bonds is 3. The van der Waals surface area contributed by atoms with Gasteiger partial charge >= 0.3 is 0 Å². The standard InChI is InChI=1S/C18H22N6O/c1-13-11-17-20-15(6-9-24(17)21-13)16-5-3-4-8-23(16)18(25)12-22-10-7-19-14(22)2/h6-7,9-11,16H,3-5,8,12H2,1-2H3/t16-/m1/s1. The molecule has 0 aliphatic carbocycles. The van der Waals surface area contributed by atoms with Crippen LogP contribution in [0.4, 0.5) is 0 Å². The maximum Gasteiger partial charge on any atom is 0.243 e. The first-order chi connectivity index (χ1) is 12.1. The first-order valence-corrected chi connectivity index (χ1v) is 8.72. The zero-order valence-electron chi connectivity index (χ0n) is 14.6. The molecule has 1 fully saturated rings. The van der Waals surface area contributed by atoms with Gasteiger partial charge in [-0.25, -0.2) is 14.5 Å². The molecule has 7 nitrogen and oxygen atoms in total. The molecule has 0 spiro atoms. The van der Waals surface area contributed by atoms with E-state index in [4.69, 9.17) is 4.98 Å². The van der Waals surface area contributed by atoms with E-state index in [1.54, 1.807) is 10.7 Å². The van der Waals surface area contributed by atoms with Gasteiger partial charge in [0.1, 0.15) is 12.4 Å². The van der Waals surface area contributed by atoms with Gasteiger partial charge in [0.15, 0.2) is 5.65 Å². The monoisotopic (exact) mass is 338 g/mol. The summed E-state index contributed by atoms with van der Waals surface area (Å²) in [6.07, 6.45) is 8.62. The summed E-state index contributed by atoms with van der Waals surface area (Å²) in [5.74, 6) is 0.980. The highest BCUT2D eigenvalue weighted by molar-refractivity contribution is 5.76. The number of amides is 1. The average molecular weight is 338 g/mol. The number of aromatic nitrogens is 5. The first-order valence-electron chi connectivity index (χ1n) is 8.72. The Morgan fingerprint density at radius 2 is 2.16 bits per heavy atom. The predicted molar refractivity (Wildman–Crippen MR) is 93.0 cm³/mol. The maximum absolute atomic E-state index is 12.9. The Kier molecular flexibility index (Phi) is 3.99. The van der Waals surface area contributed by atoms with Gasteiger partial charge in [-0.05, 0) is 39.2 Å². The summed E-state index contributed by atoms with van der Waals surface area (Å²) in [4.78, 5) is 23.8. The molecule has 1 saturated heterocycles. The summed E-state index contributed by atoms with van der Waals surface area (Å²) in [5.41, 5.74) is 2.72. The number of carbonyl (C=O) groups excluding carboxylic acids is 1. The van der Waals surface area contributed by atoms with E-state index >= 15 is 0 Å². The van der Waals surface area contributed by atoms with Crippen molar-refractivity contribution in [2.75, 3.05) is 6.54 Å². The zero-order valence-corrected chi connectivity index (χ0v) is 14.6. The maximum atomic E-state index is 12.9. The van der Waals surface area contributed by atoms with Gasteiger partial charge in [-0.1, -0.05) is 0 Å². The van der Waals surface area contributed by atoms with Crippen molar-refractivity contribution >= 4 is 11.6 Å². The van der Waals surface area contributed by atoms with E-state index in [0.29, 0.717) is 6.54 Å². The molecule has 1 amide bonds.